The second-order valence-corrected chi connectivity index (χ2v) is 8.09. The van der Waals surface area contributed by atoms with E-state index in [0.29, 0.717) is 18.7 Å². The van der Waals surface area contributed by atoms with Gasteiger partial charge in [0.25, 0.3) is 0 Å². The molecular weight excluding hydrogens is 478 g/mol. The molecule has 0 saturated heterocycles. The van der Waals surface area contributed by atoms with Crippen molar-refractivity contribution in [2.45, 2.75) is 81.8 Å². The van der Waals surface area contributed by atoms with E-state index in [1.165, 1.54) is 17.3 Å². The third-order valence-electron chi connectivity index (χ3n) is 5.51. The fourth-order valence-electron chi connectivity index (χ4n) is 3.95. The molecule has 208 valence electrons. The molecule has 8 heteroatoms. The number of benzene rings is 2. The predicted molar refractivity (Wildman–Crippen MR) is 159 cm³/mol. The van der Waals surface area contributed by atoms with E-state index in [-0.39, 0.29) is 18.1 Å². The predicted octanol–water partition coefficient (Wildman–Crippen LogP) is 7.04. The van der Waals surface area contributed by atoms with Crippen molar-refractivity contribution in [2.24, 2.45) is 0 Å². The van der Waals surface area contributed by atoms with Crippen LogP contribution in [0.2, 0.25) is 0 Å². The standard InChI is InChI=1S/C18H23N5O3.C8H10.2C2H6/c1-4-9-22-15-10-12(7-8-14(15)21(5-2)17(22)24)13-11-20-23(16(13)19)18(25)26-6-3;1-7-4-3-5-8(2)6-7;2*1-2/h7-8,10-11H,4-6,9,19H2,1-3H3;3-6H,1-2H3;2*1-2H3. The van der Waals surface area contributed by atoms with Gasteiger partial charge < -0.3 is 10.5 Å². The van der Waals surface area contributed by atoms with Crippen LogP contribution < -0.4 is 11.4 Å². The van der Waals surface area contributed by atoms with E-state index in [0.717, 1.165) is 27.7 Å². The Labute approximate surface area is 227 Å². The molecule has 0 aliphatic rings. The minimum absolute atomic E-state index is 0.0170. The number of fused-ring (bicyclic) bond motifs is 1. The summed E-state index contributed by atoms with van der Waals surface area (Å²) in [7, 11) is 0. The largest absolute Gasteiger partial charge is 0.448 e. The Bertz CT molecular complexity index is 1330. The average Bonchev–Trinajstić information content (AvgIpc) is 3.43. The molecule has 8 nitrogen and oxygen atoms in total. The number of nitrogens with two attached hydrogens (primary N) is 1. The van der Waals surface area contributed by atoms with Crippen LogP contribution >= 0.6 is 0 Å². The molecule has 2 heterocycles. The molecule has 2 aromatic carbocycles. The summed E-state index contributed by atoms with van der Waals surface area (Å²) in [6.45, 7) is 19.4. The number of ether oxygens (including phenoxy) is 1. The summed E-state index contributed by atoms with van der Waals surface area (Å²) in [5.41, 5.74) is 11.9. The molecule has 4 aromatic rings. The molecular formula is C30H45N5O3. The molecule has 0 bridgehead atoms. The van der Waals surface area contributed by atoms with Crippen LogP contribution in [0.25, 0.3) is 22.2 Å². The number of hydrogen-bond acceptors (Lipinski definition) is 5. The molecule has 0 unspecified atom stereocenters. The van der Waals surface area contributed by atoms with Gasteiger partial charge in [0.1, 0.15) is 5.82 Å². The Balaban J connectivity index is 0.000000505. The molecule has 0 spiro atoms. The molecule has 4 rings (SSSR count). The highest BCUT2D eigenvalue weighted by molar-refractivity contribution is 5.87. The second kappa shape index (κ2) is 16.1. The zero-order valence-electron chi connectivity index (χ0n) is 24.5. The summed E-state index contributed by atoms with van der Waals surface area (Å²) in [6, 6.07) is 14.2. The maximum Gasteiger partial charge on any atom is 0.436 e. The van der Waals surface area contributed by atoms with E-state index in [1.807, 2.05) is 59.7 Å². The van der Waals surface area contributed by atoms with Crippen molar-refractivity contribution in [2.75, 3.05) is 12.3 Å². The molecule has 0 amide bonds. The van der Waals surface area contributed by atoms with E-state index in [2.05, 4.69) is 43.2 Å². The quantitative estimate of drug-likeness (QED) is 0.303. The van der Waals surface area contributed by atoms with Crippen LogP contribution in [-0.2, 0) is 17.8 Å². The Morgan fingerprint density at radius 1 is 0.921 bits per heavy atom. The van der Waals surface area contributed by atoms with Crippen molar-refractivity contribution in [3.63, 3.8) is 0 Å². The normalized spacial score (nSPS) is 9.92. The third-order valence-corrected chi connectivity index (χ3v) is 5.51. The van der Waals surface area contributed by atoms with Crippen LogP contribution in [0.3, 0.4) is 0 Å². The lowest BCUT2D eigenvalue weighted by Crippen LogP contribution is -2.23. The summed E-state index contributed by atoms with van der Waals surface area (Å²) < 4.78 is 9.51. The van der Waals surface area contributed by atoms with Crippen molar-refractivity contribution in [1.29, 1.82) is 0 Å². The first kappa shape index (κ1) is 32.2. The van der Waals surface area contributed by atoms with E-state index < -0.39 is 6.09 Å². The molecule has 0 atom stereocenters. The first-order chi connectivity index (χ1) is 18.3. The molecule has 0 aliphatic heterocycles. The topological polar surface area (TPSA) is 97.1 Å². The number of nitrogens with zero attached hydrogens (tertiary/aromatic N) is 4. The van der Waals surface area contributed by atoms with E-state index in [4.69, 9.17) is 10.5 Å². The number of rotatable bonds is 5. The number of imidazole rings is 1. The minimum atomic E-state index is -0.614. The first-order valence-corrected chi connectivity index (χ1v) is 13.6. The van der Waals surface area contributed by atoms with Gasteiger partial charge in [-0.15, -0.1) is 4.68 Å². The Kier molecular flexibility index (Phi) is 13.7. The monoisotopic (exact) mass is 523 g/mol. The van der Waals surface area contributed by atoms with Gasteiger partial charge in [-0.3, -0.25) is 9.13 Å². The van der Waals surface area contributed by atoms with Gasteiger partial charge in [-0.05, 0) is 51.8 Å². The fourth-order valence-corrected chi connectivity index (χ4v) is 3.95. The highest BCUT2D eigenvalue weighted by Gasteiger charge is 2.18. The van der Waals surface area contributed by atoms with Crippen LogP contribution in [0.4, 0.5) is 10.6 Å². The Morgan fingerprint density at radius 2 is 1.55 bits per heavy atom. The van der Waals surface area contributed by atoms with Crippen molar-refractivity contribution in [3.8, 4) is 11.1 Å². The lowest BCUT2D eigenvalue weighted by Gasteiger charge is -2.06. The molecule has 2 aromatic heterocycles. The van der Waals surface area contributed by atoms with Crippen LogP contribution in [-0.4, -0.2) is 31.6 Å². The summed E-state index contributed by atoms with van der Waals surface area (Å²) in [5, 5.41) is 4.03. The number of anilines is 1. The minimum Gasteiger partial charge on any atom is -0.448 e. The maximum atomic E-state index is 12.6. The number of carbonyl (C=O) groups excluding carboxylic acids is 1. The van der Waals surface area contributed by atoms with Crippen molar-refractivity contribution >= 4 is 22.9 Å². The lowest BCUT2D eigenvalue weighted by atomic mass is 10.1. The van der Waals surface area contributed by atoms with Crippen molar-refractivity contribution in [3.05, 3.63) is 70.3 Å². The SMILES string of the molecule is CC.CC.CCCn1c(=O)n(CC)c2ccc(-c3cnn(C(=O)OCC)c3N)cc21.Cc1cccc(C)c1. The molecule has 38 heavy (non-hydrogen) atoms. The van der Waals surface area contributed by atoms with Gasteiger partial charge in [0.15, 0.2) is 0 Å². The van der Waals surface area contributed by atoms with Crippen LogP contribution in [0, 0.1) is 13.8 Å². The summed E-state index contributed by atoms with van der Waals surface area (Å²) >= 11 is 0. The number of aromatic nitrogens is 4. The smallest absolute Gasteiger partial charge is 0.436 e. The van der Waals surface area contributed by atoms with E-state index in [9.17, 15) is 9.59 Å². The van der Waals surface area contributed by atoms with Crippen molar-refractivity contribution < 1.29 is 9.53 Å². The summed E-state index contributed by atoms with van der Waals surface area (Å²) in [6.07, 6.45) is 1.78. The molecule has 0 radical (unpaired) electrons. The highest BCUT2D eigenvalue weighted by Crippen LogP contribution is 2.29. The van der Waals surface area contributed by atoms with Crippen LogP contribution in [0.1, 0.15) is 66.0 Å². The summed E-state index contributed by atoms with van der Waals surface area (Å²) in [5.74, 6) is 0.210. The zero-order chi connectivity index (χ0) is 28.8. The fraction of sp³-hybridized carbons (Fsp3) is 0.433. The second-order valence-electron chi connectivity index (χ2n) is 8.09. The number of nitrogen functional groups attached to an aromatic ring is 1. The Hall–Kier alpha value is -3.81. The average molecular weight is 524 g/mol. The number of hydrogen-bond donors (Lipinski definition) is 1. The molecule has 2 N–H and O–H groups in total. The van der Waals surface area contributed by atoms with Gasteiger partial charge in [0, 0.05) is 18.7 Å². The third kappa shape index (κ3) is 7.60. The first-order valence-electron chi connectivity index (χ1n) is 13.6. The summed E-state index contributed by atoms with van der Waals surface area (Å²) in [4.78, 5) is 24.5. The zero-order valence-corrected chi connectivity index (χ0v) is 24.5. The van der Waals surface area contributed by atoms with Gasteiger partial charge in [-0.2, -0.15) is 5.10 Å². The molecule has 0 saturated carbocycles. The van der Waals surface area contributed by atoms with Crippen molar-refractivity contribution in [1.82, 2.24) is 18.9 Å². The van der Waals surface area contributed by atoms with Gasteiger partial charge in [-0.25, -0.2) is 9.59 Å². The molecule has 0 fully saturated rings. The van der Waals surface area contributed by atoms with Crippen LogP contribution in [0.15, 0.2) is 53.5 Å². The van der Waals surface area contributed by atoms with Gasteiger partial charge in [-0.1, -0.05) is 76.1 Å². The van der Waals surface area contributed by atoms with Gasteiger partial charge in [0.2, 0.25) is 0 Å². The maximum absolute atomic E-state index is 12.6. The Morgan fingerprint density at radius 3 is 2.05 bits per heavy atom. The number of aryl methyl sites for hydroxylation is 4. The van der Waals surface area contributed by atoms with E-state index >= 15 is 0 Å². The lowest BCUT2D eigenvalue weighted by molar-refractivity contribution is 0.151. The van der Waals surface area contributed by atoms with Gasteiger partial charge >= 0.3 is 11.8 Å². The number of carbonyl (C=O) groups is 1. The van der Waals surface area contributed by atoms with E-state index in [1.54, 1.807) is 16.1 Å². The highest BCUT2D eigenvalue weighted by atomic mass is 16.6. The molecule has 0 aliphatic carbocycles. The van der Waals surface area contributed by atoms with Gasteiger partial charge in [0.05, 0.1) is 23.8 Å². The van der Waals surface area contributed by atoms with Crippen LogP contribution in [0.5, 0.6) is 0 Å².